The molecule has 0 unspecified atom stereocenters. The van der Waals surface area contributed by atoms with Crippen molar-refractivity contribution >= 4 is 34.2 Å². The normalized spacial score (nSPS) is 10.2. The Morgan fingerprint density at radius 1 is 1.00 bits per heavy atom. The second-order valence-corrected chi connectivity index (χ2v) is 4.86. The molecule has 0 spiro atoms. The van der Waals surface area contributed by atoms with Crippen molar-refractivity contribution in [3.05, 3.63) is 63.2 Å². The topological polar surface area (TPSA) is 29.1 Å². The van der Waals surface area contributed by atoms with E-state index in [9.17, 15) is 13.6 Å². The molecule has 92 valence electrons. The fourth-order valence-corrected chi connectivity index (χ4v) is 1.78. The molecule has 0 aliphatic carbocycles. The molecule has 0 saturated heterocycles. The molecule has 1 amide bonds. The third-order valence-electron chi connectivity index (χ3n) is 2.23. The van der Waals surface area contributed by atoms with Gasteiger partial charge in [0, 0.05) is 20.9 Å². The largest absolute Gasteiger partial charge is 0.322 e. The summed E-state index contributed by atoms with van der Waals surface area (Å²) in [4.78, 5) is 11.8. The van der Waals surface area contributed by atoms with Crippen molar-refractivity contribution in [2.45, 2.75) is 0 Å². The number of amides is 1. The highest BCUT2D eigenvalue weighted by atomic mass is 127. The number of hydrogen-bond acceptors (Lipinski definition) is 1. The molecule has 2 aromatic carbocycles. The Morgan fingerprint density at radius 2 is 1.56 bits per heavy atom. The summed E-state index contributed by atoms with van der Waals surface area (Å²) < 4.78 is 26.9. The van der Waals surface area contributed by atoms with E-state index in [-0.39, 0.29) is 5.56 Å². The lowest BCUT2D eigenvalue weighted by Crippen LogP contribution is -2.12. The van der Waals surface area contributed by atoms with E-state index in [4.69, 9.17) is 0 Å². The second-order valence-electron chi connectivity index (χ2n) is 3.62. The van der Waals surface area contributed by atoms with E-state index in [1.54, 1.807) is 12.1 Å². The SMILES string of the molecule is O=C(Nc1ccc(I)cc1)c1cc(F)cc(F)c1. The highest BCUT2D eigenvalue weighted by molar-refractivity contribution is 14.1. The quantitative estimate of drug-likeness (QED) is 0.812. The van der Waals surface area contributed by atoms with Crippen LogP contribution in [-0.4, -0.2) is 5.91 Å². The summed E-state index contributed by atoms with van der Waals surface area (Å²) in [7, 11) is 0. The zero-order chi connectivity index (χ0) is 13.1. The standard InChI is InChI=1S/C13H8F2INO/c14-9-5-8(6-10(15)7-9)13(18)17-12-3-1-11(16)2-4-12/h1-7H,(H,17,18). The predicted molar refractivity (Wildman–Crippen MR) is 73.5 cm³/mol. The van der Waals surface area contributed by atoms with Crippen molar-refractivity contribution in [1.29, 1.82) is 0 Å². The van der Waals surface area contributed by atoms with Crippen molar-refractivity contribution in [2.75, 3.05) is 5.32 Å². The minimum atomic E-state index is -0.775. The Bertz CT molecular complexity index is 564. The average molecular weight is 359 g/mol. The van der Waals surface area contributed by atoms with Crippen molar-refractivity contribution in [2.24, 2.45) is 0 Å². The highest BCUT2D eigenvalue weighted by Gasteiger charge is 2.09. The zero-order valence-corrected chi connectivity index (χ0v) is 11.2. The Hall–Kier alpha value is -1.50. The van der Waals surface area contributed by atoms with E-state index in [1.165, 1.54) is 0 Å². The summed E-state index contributed by atoms with van der Waals surface area (Å²) in [5.74, 6) is -2.10. The molecule has 0 aromatic heterocycles. The predicted octanol–water partition coefficient (Wildman–Crippen LogP) is 3.82. The van der Waals surface area contributed by atoms with Crippen LogP contribution in [0.2, 0.25) is 0 Å². The second kappa shape index (κ2) is 5.43. The molecule has 18 heavy (non-hydrogen) atoms. The first-order valence-electron chi connectivity index (χ1n) is 5.07. The van der Waals surface area contributed by atoms with E-state index < -0.39 is 17.5 Å². The molecule has 0 heterocycles. The van der Waals surface area contributed by atoms with Gasteiger partial charge in [0.05, 0.1) is 0 Å². The van der Waals surface area contributed by atoms with Gasteiger partial charge in [-0.05, 0) is 59.0 Å². The number of benzene rings is 2. The molecule has 5 heteroatoms. The number of anilines is 1. The maximum absolute atomic E-state index is 13.0. The number of hydrogen-bond donors (Lipinski definition) is 1. The van der Waals surface area contributed by atoms with E-state index in [0.29, 0.717) is 5.69 Å². The summed E-state index contributed by atoms with van der Waals surface area (Å²) in [5, 5.41) is 2.56. The van der Waals surface area contributed by atoms with Gasteiger partial charge in [-0.1, -0.05) is 0 Å². The van der Waals surface area contributed by atoms with Gasteiger partial charge in [0.1, 0.15) is 11.6 Å². The fourth-order valence-electron chi connectivity index (χ4n) is 1.42. The van der Waals surface area contributed by atoms with Crippen molar-refractivity contribution < 1.29 is 13.6 Å². The molecule has 0 atom stereocenters. The minimum absolute atomic E-state index is 0.0500. The number of nitrogens with one attached hydrogen (secondary N) is 1. The van der Waals surface area contributed by atoms with Gasteiger partial charge in [0.25, 0.3) is 5.91 Å². The molecule has 0 saturated carbocycles. The average Bonchev–Trinajstić information content (AvgIpc) is 2.31. The van der Waals surface area contributed by atoms with Crippen LogP contribution in [0.3, 0.4) is 0 Å². The van der Waals surface area contributed by atoms with Crippen LogP contribution in [0, 0.1) is 15.2 Å². The van der Waals surface area contributed by atoms with E-state index in [0.717, 1.165) is 21.8 Å². The number of halogens is 3. The van der Waals surface area contributed by atoms with Crippen molar-refractivity contribution in [3.63, 3.8) is 0 Å². The molecule has 0 fully saturated rings. The Kier molecular flexibility index (Phi) is 3.90. The monoisotopic (exact) mass is 359 g/mol. The summed E-state index contributed by atoms with van der Waals surface area (Å²) in [5.41, 5.74) is 0.524. The summed E-state index contributed by atoms with van der Waals surface area (Å²) in [6.07, 6.45) is 0. The zero-order valence-electron chi connectivity index (χ0n) is 9.08. The van der Waals surface area contributed by atoms with Gasteiger partial charge < -0.3 is 5.32 Å². The summed E-state index contributed by atoms with van der Waals surface area (Å²) >= 11 is 2.14. The fraction of sp³-hybridized carbons (Fsp3) is 0. The summed E-state index contributed by atoms with van der Waals surface area (Å²) in [6.45, 7) is 0. The lowest BCUT2D eigenvalue weighted by atomic mass is 10.2. The van der Waals surface area contributed by atoms with Gasteiger partial charge >= 0.3 is 0 Å². The first-order chi connectivity index (χ1) is 8.54. The van der Waals surface area contributed by atoms with Gasteiger partial charge in [-0.2, -0.15) is 0 Å². The maximum atomic E-state index is 13.0. The Labute approximate surface area is 116 Å². The Morgan fingerprint density at radius 3 is 2.11 bits per heavy atom. The van der Waals surface area contributed by atoms with Gasteiger partial charge in [-0.25, -0.2) is 8.78 Å². The van der Waals surface area contributed by atoms with Crippen LogP contribution < -0.4 is 5.32 Å². The lowest BCUT2D eigenvalue weighted by Gasteiger charge is -2.05. The van der Waals surface area contributed by atoms with E-state index in [2.05, 4.69) is 27.9 Å². The van der Waals surface area contributed by atoms with Crippen molar-refractivity contribution in [1.82, 2.24) is 0 Å². The molecule has 0 aliphatic heterocycles. The molecule has 2 aromatic rings. The van der Waals surface area contributed by atoms with Gasteiger partial charge in [0.2, 0.25) is 0 Å². The van der Waals surface area contributed by atoms with Gasteiger partial charge in [-0.3, -0.25) is 4.79 Å². The van der Waals surface area contributed by atoms with Gasteiger partial charge in [-0.15, -0.1) is 0 Å². The molecule has 0 bridgehead atoms. The van der Waals surface area contributed by atoms with Crippen LogP contribution in [0.5, 0.6) is 0 Å². The molecule has 1 N–H and O–H groups in total. The number of rotatable bonds is 2. The van der Waals surface area contributed by atoms with E-state index in [1.807, 2.05) is 12.1 Å². The third-order valence-corrected chi connectivity index (χ3v) is 2.95. The molecule has 2 nitrogen and oxygen atoms in total. The van der Waals surface area contributed by atoms with E-state index >= 15 is 0 Å². The van der Waals surface area contributed by atoms with Crippen LogP contribution in [-0.2, 0) is 0 Å². The smallest absolute Gasteiger partial charge is 0.255 e. The summed E-state index contributed by atoms with van der Waals surface area (Å²) in [6, 6.07) is 9.78. The van der Waals surface area contributed by atoms with Crippen LogP contribution in [0.1, 0.15) is 10.4 Å². The molecule has 0 radical (unpaired) electrons. The Balaban J connectivity index is 2.19. The van der Waals surface area contributed by atoms with Crippen LogP contribution in [0.15, 0.2) is 42.5 Å². The molecular formula is C13H8F2INO. The molecular weight excluding hydrogens is 351 g/mol. The minimum Gasteiger partial charge on any atom is -0.322 e. The third kappa shape index (κ3) is 3.25. The number of carbonyl (C=O) groups excluding carboxylic acids is 1. The first kappa shape index (κ1) is 12.9. The van der Waals surface area contributed by atoms with Crippen LogP contribution in [0.25, 0.3) is 0 Å². The van der Waals surface area contributed by atoms with Gasteiger partial charge in [0.15, 0.2) is 0 Å². The maximum Gasteiger partial charge on any atom is 0.255 e. The first-order valence-corrected chi connectivity index (χ1v) is 6.15. The van der Waals surface area contributed by atoms with Crippen molar-refractivity contribution in [3.8, 4) is 0 Å². The number of carbonyl (C=O) groups is 1. The molecule has 2 rings (SSSR count). The highest BCUT2D eigenvalue weighted by Crippen LogP contribution is 2.14. The lowest BCUT2D eigenvalue weighted by molar-refractivity contribution is 0.102. The van der Waals surface area contributed by atoms with Crippen LogP contribution >= 0.6 is 22.6 Å². The van der Waals surface area contributed by atoms with Crippen LogP contribution in [0.4, 0.5) is 14.5 Å². The molecule has 0 aliphatic rings.